The first-order chi connectivity index (χ1) is 13.8. The molecule has 28 heavy (non-hydrogen) atoms. The Labute approximate surface area is 165 Å². The summed E-state index contributed by atoms with van der Waals surface area (Å²) in [5, 5.41) is 9.70. The van der Waals surface area contributed by atoms with Crippen molar-refractivity contribution in [3.8, 4) is 17.2 Å². The Balaban J connectivity index is 1.72. The molecule has 0 spiro atoms. The number of fused-ring (bicyclic) bond motifs is 1. The Morgan fingerprint density at radius 3 is 2.54 bits per heavy atom. The number of nitriles is 1. The van der Waals surface area contributed by atoms with Gasteiger partial charge in [-0.3, -0.25) is 0 Å². The SMILES string of the molecule is CCCCc1nc2ccccc2n1Cc1ccc(-c2ccccc2)c(C#N)c1. The average Bonchev–Trinajstić information content (AvgIpc) is 3.10. The van der Waals surface area contributed by atoms with Gasteiger partial charge in [-0.25, -0.2) is 4.98 Å². The molecule has 0 radical (unpaired) electrons. The van der Waals surface area contributed by atoms with Crippen LogP contribution in [0, 0.1) is 11.3 Å². The van der Waals surface area contributed by atoms with Crippen LogP contribution in [-0.4, -0.2) is 9.55 Å². The predicted molar refractivity (Wildman–Crippen MR) is 114 cm³/mol. The van der Waals surface area contributed by atoms with Crippen LogP contribution in [0.5, 0.6) is 0 Å². The topological polar surface area (TPSA) is 41.6 Å². The monoisotopic (exact) mass is 365 g/mol. The van der Waals surface area contributed by atoms with Crippen molar-refractivity contribution in [3.63, 3.8) is 0 Å². The second kappa shape index (κ2) is 8.10. The van der Waals surface area contributed by atoms with Crippen LogP contribution in [0.1, 0.15) is 36.7 Å². The molecule has 0 saturated carbocycles. The van der Waals surface area contributed by atoms with Crippen LogP contribution in [0.25, 0.3) is 22.2 Å². The summed E-state index contributed by atoms with van der Waals surface area (Å²) in [5.74, 6) is 1.12. The summed E-state index contributed by atoms with van der Waals surface area (Å²) >= 11 is 0. The lowest BCUT2D eigenvalue weighted by atomic mass is 9.98. The molecule has 0 fully saturated rings. The van der Waals surface area contributed by atoms with Crippen molar-refractivity contribution in [1.82, 2.24) is 9.55 Å². The van der Waals surface area contributed by atoms with Gasteiger partial charge in [-0.05, 0) is 41.3 Å². The lowest BCUT2D eigenvalue weighted by Gasteiger charge is -2.11. The molecule has 0 N–H and O–H groups in total. The van der Waals surface area contributed by atoms with E-state index in [0.717, 1.165) is 59.4 Å². The van der Waals surface area contributed by atoms with E-state index < -0.39 is 0 Å². The van der Waals surface area contributed by atoms with E-state index in [1.807, 2.05) is 42.5 Å². The zero-order valence-corrected chi connectivity index (χ0v) is 16.1. The summed E-state index contributed by atoms with van der Waals surface area (Å²) in [6.07, 6.45) is 3.24. The van der Waals surface area contributed by atoms with Crippen LogP contribution in [0.15, 0.2) is 72.8 Å². The van der Waals surface area contributed by atoms with Crippen LogP contribution in [0.3, 0.4) is 0 Å². The normalized spacial score (nSPS) is 10.9. The predicted octanol–water partition coefficient (Wildman–Crippen LogP) is 5.97. The second-order valence-corrected chi connectivity index (χ2v) is 7.06. The van der Waals surface area contributed by atoms with Gasteiger partial charge in [0.2, 0.25) is 0 Å². The van der Waals surface area contributed by atoms with Crippen molar-refractivity contribution in [3.05, 3.63) is 89.7 Å². The molecule has 4 rings (SSSR count). The molecule has 1 aromatic heterocycles. The molecule has 0 unspecified atom stereocenters. The van der Waals surface area contributed by atoms with Gasteiger partial charge in [0, 0.05) is 13.0 Å². The molecule has 0 aliphatic carbocycles. The maximum absolute atomic E-state index is 9.70. The van der Waals surface area contributed by atoms with Gasteiger partial charge in [-0.15, -0.1) is 0 Å². The van der Waals surface area contributed by atoms with E-state index in [4.69, 9.17) is 4.98 Å². The number of hydrogen-bond acceptors (Lipinski definition) is 2. The number of aromatic nitrogens is 2. The molecule has 0 bridgehead atoms. The number of rotatable bonds is 6. The number of nitrogens with zero attached hydrogens (tertiary/aromatic N) is 3. The van der Waals surface area contributed by atoms with Crippen molar-refractivity contribution >= 4 is 11.0 Å². The first-order valence-corrected chi connectivity index (χ1v) is 9.82. The summed E-state index contributed by atoms with van der Waals surface area (Å²) in [6.45, 7) is 2.93. The lowest BCUT2D eigenvalue weighted by molar-refractivity contribution is 0.690. The molecule has 138 valence electrons. The zero-order chi connectivity index (χ0) is 19.3. The van der Waals surface area contributed by atoms with Crippen molar-refractivity contribution < 1.29 is 0 Å². The first kappa shape index (κ1) is 18.0. The first-order valence-electron chi connectivity index (χ1n) is 9.82. The molecule has 0 saturated heterocycles. The molecule has 3 heteroatoms. The number of aryl methyl sites for hydroxylation is 1. The molecule has 3 nitrogen and oxygen atoms in total. The zero-order valence-electron chi connectivity index (χ0n) is 16.1. The average molecular weight is 365 g/mol. The van der Waals surface area contributed by atoms with Crippen molar-refractivity contribution in [2.75, 3.05) is 0 Å². The van der Waals surface area contributed by atoms with E-state index in [-0.39, 0.29) is 0 Å². The van der Waals surface area contributed by atoms with Crippen LogP contribution in [-0.2, 0) is 13.0 Å². The number of benzene rings is 3. The highest BCUT2D eigenvalue weighted by Gasteiger charge is 2.12. The Hall–Kier alpha value is -3.38. The third kappa shape index (κ3) is 3.54. The van der Waals surface area contributed by atoms with Gasteiger partial charge in [0.25, 0.3) is 0 Å². The summed E-state index contributed by atoms with van der Waals surface area (Å²) in [5.41, 5.74) is 6.07. The van der Waals surface area contributed by atoms with Crippen molar-refractivity contribution in [2.45, 2.75) is 32.7 Å². The number of unbranched alkanes of at least 4 members (excludes halogenated alkanes) is 1. The Morgan fingerprint density at radius 2 is 1.75 bits per heavy atom. The van der Waals surface area contributed by atoms with Gasteiger partial charge in [-0.1, -0.05) is 67.9 Å². The Kier molecular flexibility index (Phi) is 5.21. The minimum atomic E-state index is 0.711. The number of imidazole rings is 1. The molecule has 0 atom stereocenters. The fraction of sp³-hybridized carbons (Fsp3) is 0.200. The third-order valence-corrected chi connectivity index (χ3v) is 5.12. The van der Waals surface area contributed by atoms with E-state index >= 15 is 0 Å². The van der Waals surface area contributed by atoms with Crippen molar-refractivity contribution in [2.24, 2.45) is 0 Å². The van der Waals surface area contributed by atoms with E-state index in [0.29, 0.717) is 5.56 Å². The molecule has 0 aliphatic heterocycles. The molecular weight excluding hydrogens is 342 g/mol. The van der Waals surface area contributed by atoms with E-state index in [1.165, 1.54) is 0 Å². The van der Waals surface area contributed by atoms with Crippen LogP contribution in [0.4, 0.5) is 0 Å². The van der Waals surface area contributed by atoms with Gasteiger partial charge in [0.05, 0.1) is 22.7 Å². The molecular formula is C25H23N3. The fourth-order valence-electron chi connectivity index (χ4n) is 3.66. The fourth-order valence-corrected chi connectivity index (χ4v) is 3.66. The van der Waals surface area contributed by atoms with Gasteiger partial charge < -0.3 is 4.57 Å². The van der Waals surface area contributed by atoms with Gasteiger partial charge in [-0.2, -0.15) is 5.26 Å². The third-order valence-electron chi connectivity index (χ3n) is 5.12. The molecule has 0 aliphatic rings. The minimum Gasteiger partial charge on any atom is -0.323 e. The second-order valence-electron chi connectivity index (χ2n) is 7.06. The highest BCUT2D eigenvalue weighted by molar-refractivity contribution is 5.76. The highest BCUT2D eigenvalue weighted by atomic mass is 15.1. The number of para-hydroxylation sites is 2. The Bertz CT molecular complexity index is 1130. The standard InChI is InChI=1S/C25H23N3/c1-2-3-13-25-27-23-11-7-8-12-24(23)28(25)18-19-14-15-22(21(16-19)17-26)20-9-5-4-6-10-20/h4-12,14-16H,2-3,13,18H2,1H3. The van der Waals surface area contributed by atoms with Gasteiger partial charge >= 0.3 is 0 Å². The summed E-state index contributed by atoms with van der Waals surface area (Å²) in [7, 11) is 0. The Morgan fingerprint density at radius 1 is 0.964 bits per heavy atom. The molecule has 3 aromatic carbocycles. The molecule has 1 heterocycles. The maximum atomic E-state index is 9.70. The number of hydrogen-bond donors (Lipinski definition) is 0. The van der Waals surface area contributed by atoms with Crippen LogP contribution >= 0.6 is 0 Å². The van der Waals surface area contributed by atoms with E-state index in [2.05, 4.69) is 47.9 Å². The van der Waals surface area contributed by atoms with Crippen molar-refractivity contribution in [1.29, 1.82) is 5.26 Å². The summed E-state index contributed by atoms with van der Waals surface area (Å²) in [4.78, 5) is 4.85. The van der Waals surface area contributed by atoms with Crippen LogP contribution in [0.2, 0.25) is 0 Å². The smallest absolute Gasteiger partial charge is 0.110 e. The highest BCUT2D eigenvalue weighted by Crippen LogP contribution is 2.26. The quantitative estimate of drug-likeness (QED) is 0.423. The van der Waals surface area contributed by atoms with E-state index in [1.54, 1.807) is 0 Å². The van der Waals surface area contributed by atoms with Crippen LogP contribution < -0.4 is 0 Å². The summed E-state index contributed by atoms with van der Waals surface area (Å²) < 4.78 is 2.30. The minimum absolute atomic E-state index is 0.711. The van der Waals surface area contributed by atoms with Gasteiger partial charge in [0.1, 0.15) is 5.82 Å². The van der Waals surface area contributed by atoms with E-state index in [9.17, 15) is 5.26 Å². The van der Waals surface area contributed by atoms with Gasteiger partial charge in [0.15, 0.2) is 0 Å². The summed E-state index contributed by atoms with van der Waals surface area (Å²) in [6, 6.07) is 27.0. The molecule has 4 aromatic rings. The lowest BCUT2D eigenvalue weighted by Crippen LogP contribution is -2.06. The largest absolute Gasteiger partial charge is 0.323 e. The maximum Gasteiger partial charge on any atom is 0.110 e. The molecule has 0 amide bonds.